The molecule has 0 bridgehead atoms. The molecule has 1 rings (SSSR count). The minimum atomic E-state index is -0.721. The molecule has 1 atom stereocenters. The van der Waals surface area contributed by atoms with Gasteiger partial charge in [0.25, 0.3) is 0 Å². The number of hydrogen-bond donors (Lipinski definition) is 2. The molecule has 0 aromatic heterocycles. The third-order valence-corrected chi connectivity index (χ3v) is 2.91. The molecular weight excluding hydrogens is 272 g/mol. The molecule has 0 aliphatic carbocycles. The van der Waals surface area contributed by atoms with E-state index in [0.717, 1.165) is 5.56 Å². The minimum absolute atomic E-state index is 0.189. The van der Waals surface area contributed by atoms with E-state index in [1.54, 1.807) is 12.1 Å². The van der Waals surface area contributed by atoms with E-state index in [1.807, 2.05) is 0 Å². The maximum absolute atomic E-state index is 11.8. The van der Waals surface area contributed by atoms with Crippen LogP contribution in [0.2, 0.25) is 0 Å². The van der Waals surface area contributed by atoms with E-state index in [9.17, 15) is 4.79 Å². The van der Waals surface area contributed by atoms with E-state index in [0.29, 0.717) is 17.2 Å². The van der Waals surface area contributed by atoms with Crippen molar-refractivity contribution < 1.29 is 19.0 Å². The van der Waals surface area contributed by atoms with Crippen molar-refractivity contribution in [3.8, 4) is 29.6 Å². The predicted octanol–water partition coefficient (Wildman–Crippen LogP) is 0.679. The molecule has 0 radical (unpaired) electrons. The Labute approximate surface area is 124 Å². The lowest BCUT2D eigenvalue weighted by Gasteiger charge is -2.15. The molecule has 0 saturated carbocycles. The molecule has 0 saturated heterocycles. The Kier molecular flexibility index (Phi) is 6.37. The standard InChI is InChI=1S/C15H20N2O4/c1-5-6-11(16)15(18)17-9-10-7-13(20-3)14(21-4)8-12(10)19-2/h1,7-8,11H,6,9,16H2,2-4H3,(H,17,18). The highest BCUT2D eigenvalue weighted by molar-refractivity contribution is 5.81. The second-order valence-electron chi connectivity index (χ2n) is 4.25. The normalized spacial score (nSPS) is 11.2. The summed E-state index contributed by atoms with van der Waals surface area (Å²) in [4.78, 5) is 11.8. The number of hydrogen-bond acceptors (Lipinski definition) is 5. The molecule has 0 heterocycles. The summed E-state index contributed by atoms with van der Waals surface area (Å²) in [6.07, 6.45) is 5.32. The van der Waals surface area contributed by atoms with Crippen LogP contribution in [-0.2, 0) is 11.3 Å². The summed E-state index contributed by atoms with van der Waals surface area (Å²) in [5.74, 6) is 3.72. The molecule has 0 fully saturated rings. The van der Waals surface area contributed by atoms with Crippen LogP contribution < -0.4 is 25.3 Å². The van der Waals surface area contributed by atoms with Gasteiger partial charge in [-0.05, 0) is 6.07 Å². The van der Waals surface area contributed by atoms with Crippen LogP contribution in [0.15, 0.2) is 12.1 Å². The molecule has 21 heavy (non-hydrogen) atoms. The Morgan fingerprint density at radius 1 is 1.24 bits per heavy atom. The number of benzene rings is 1. The lowest BCUT2D eigenvalue weighted by Crippen LogP contribution is -2.39. The number of amides is 1. The summed E-state index contributed by atoms with van der Waals surface area (Å²) in [6.45, 7) is 0.251. The van der Waals surface area contributed by atoms with Crippen LogP contribution in [0.25, 0.3) is 0 Å². The van der Waals surface area contributed by atoms with Crippen molar-refractivity contribution in [3.05, 3.63) is 17.7 Å². The zero-order valence-corrected chi connectivity index (χ0v) is 12.4. The quantitative estimate of drug-likeness (QED) is 0.722. The van der Waals surface area contributed by atoms with Crippen molar-refractivity contribution in [2.75, 3.05) is 21.3 Å². The van der Waals surface area contributed by atoms with Gasteiger partial charge in [0.05, 0.1) is 27.4 Å². The van der Waals surface area contributed by atoms with Gasteiger partial charge in [-0.3, -0.25) is 4.79 Å². The third kappa shape index (κ3) is 4.29. The average molecular weight is 292 g/mol. The summed E-state index contributed by atoms with van der Waals surface area (Å²) in [6, 6.07) is 2.72. The van der Waals surface area contributed by atoms with Crippen LogP contribution in [-0.4, -0.2) is 33.3 Å². The number of nitrogens with one attached hydrogen (secondary N) is 1. The zero-order valence-electron chi connectivity index (χ0n) is 12.4. The first-order valence-electron chi connectivity index (χ1n) is 6.33. The molecule has 1 unspecified atom stereocenters. The Morgan fingerprint density at radius 3 is 2.33 bits per heavy atom. The molecule has 114 valence electrons. The Morgan fingerprint density at radius 2 is 1.81 bits per heavy atom. The van der Waals surface area contributed by atoms with Gasteiger partial charge < -0.3 is 25.3 Å². The maximum Gasteiger partial charge on any atom is 0.238 e. The van der Waals surface area contributed by atoms with Crippen molar-refractivity contribution in [1.82, 2.24) is 5.32 Å². The van der Waals surface area contributed by atoms with Crippen LogP contribution in [0, 0.1) is 12.3 Å². The fourth-order valence-corrected chi connectivity index (χ4v) is 1.76. The van der Waals surface area contributed by atoms with Crippen LogP contribution in [0.4, 0.5) is 0 Å². The van der Waals surface area contributed by atoms with E-state index in [-0.39, 0.29) is 18.9 Å². The molecule has 3 N–H and O–H groups in total. The number of terminal acetylenes is 1. The first kappa shape index (κ1) is 16.7. The van der Waals surface area contributed by atoms with Gasteiger partial charge in [-0.1, -0.05) is 0 Å². The van der Waals surface area contributed by atoms with Gasteiger partial charge in [0.15, 0.2) is 11.5 Å². The smallest absolute Gasteiger partial charge is 0.238 e. The Hall–Kier alpha value is -2.39. The number of methoxy groups -OCH3 is 3. The molecule has 0 aliphatic heterocycles. The van der Waals surface area contributed by atoms with E-state index in [2.05, 4.69) is 11.2 Å². The van der Waals surface area contributed by atoms with Crippen molar-refractivity contribution in [2.24, 2.45) is 5.73 Å². The lowest BCUT2D eigenvalue weighted by molar-refractivity contribution is -0.122. The van der Waals surface area contributed by atoms with E-state index < -0.39 is 6.04 Å². The fraction of sp³-hybridized carbons (Fsp3) is 0.400. The van der Waals surface area contributed by atoms with Crippen LogP contribution in [0.1, 0.15) is 12.0 Å². The third-order valence-electron chi connectivity index (χ3n) is 2.91. The predicted molar refractivity (Wildman–Crippen MR) is 79.4 cm³/mol. The first-order chi connectivity index (χ1) is 10.1. The number of ether oxygens (including phenoxy) is 3. The highest BCUT2D eigenvalue weighted by Gasteiger charge is 2.15. The summed E-state index contributed by atoms with van der Waals surface area (Å²) >= 11 is 0. The van der Waals surface area contributed by atoms with Gasteiger partial charge >= 0.3 is 0 Å². The van der Waals surface area contributed by atoms with Crippen molar-refractivity contribution in [1.29, 1.82) is 0 Å². The monoisotopic (exact) mass is 292 g/mol. The molecule has 0 aliphatic rings. The summed E-state index contributed by atoms with van der Waals surface area (Å²) in [7, 11) is 4.61. The van der Waals surface area contributed by atoms with Crippen LogP contribution in [0.3, 0.4) is 0 Å². The number of rotatable bonds is 7. The van der Waals surface area contributed by atoms with Gasteiger partial charge in [0.2, 0.25) is 5.91 Å². The molecule has 0 spiro atoms. The summed E-state index contributed by atoms with van der Waals surface area (Å²) in [5.41, 5.74) is 6.38. The highest BCUT2D eigenvalue weighted by atomic mass is 16.5. The van der Waals surface area contributed by atoms with Gasteiger partial charge in [0, 0.05) is 24.6 Å². The number of carbonyl (C=O) groups is 1. The number of carbonyl (C=O) groups excluding carboxylic acids is 1. The van der Waals surface area contributed by atoms with E-state index in [4.69, 9.17) is 26.4 Å². The molecular formula is C15H20N2O4. The second-order valence-corrected chi connectivity index (χ2v) is 4.25. The van der Waals surface area contributed by atoms with E-state index in [1.165, 1.54) is 21.3 Å². The molecule has 6 heteroatoms. The van der Waals surface area contributed by atoms with Gasteiger partial charge in [-0.2, -0.15) is 0 Å². The topological polar surface area (TPSA) is 82.8 Å². The SMILES string of the molecule is C#CCC(N)C(=O)NCc1cc(OC)c(OC)cc1OC. The lowest BCUT2D eigenvalue weighted by atomic mass is 10.1. The largest absolute Gasteiger partial charge is 0.496 e. The Bertz CT molecular complexity index is 537. The van der Waals surface area contributed by atoms with Crippen molar-refractivity contribution in [2.45, 2.75) is 19.0 Å². The van der Waals surface area contributed by atoms with Gasteiger partial charge in [-0.15, -0.1) is 12.3 Å². The molecule has 6 nitrogen and oxygen atoms in total. The summed E-state index contributed by atoms with van der Waals surface area (Å²) in [5, 5.41) is 2.71. The highest BCUT2D eigenvalue weighted by Crippen LogP contribution is 2.34. The zero-order chi connectivity index (χ0) is 15.8. The maximum atomic E-state index is 11.8. The van der Waals surface area contributed by atoms with Crippen molar-refractivity contribution in [3.63, 3.8) is 0 Å². The molecule has 1 aromatic carbocycles. The van der Waals surface area contributed by atoms with Crippen molar-refractivity contribution >= 4 is 5.91 Å². The minimum Gasteiger partial charge on any atom is -0.496 e. The Balaban J connectivity index is 2.87. The molecule has 1 aromatic rings. The van der Waals surface area contributed by atoms with Gasteiger partial charge in [-0.25, -0.2) is 0 Å². The second kappa shape index (κ2) is 8.02. The summed E-state index contributed by atoms with van der Waals surface area (Å²) < 4.78 is 15.7. The molecule has 1 amide bonds. The number of nitrogens with two attached hydrogens (primary N) is 1. The van der Waals surface area contributed by atoms with E-state index >= 15 is 0 Å². The first-order valence-corrected chi connectivity index (χ1v) is 6.33. The fourth-order valence-electron chi connectivity index (χ4n) is 1.76. The van der Waals surface area contributed by atoms with Crippen LogP contribution in [0.5, 0.6) is 17.2 Å². The van der Waals surface area contributed by atoms with Gasteiger partial charge in [0.1, 0.15) is 5.75 Å². The van der Waals surface area contributed by atoms with Crippen LogP contribution >= 0.6 is 0 Å². The average Bonchev–Trinajstić information content (AvgIpc) is 2.51.